The van der Waals surface area contributed by atoms with Gasteiger partial charge < -0.3 is 9.80 Å². The Bertz CT molecular complexity index is 1040. The average molecular weight is 545 g/mol. The molecule has 0 spiro atoms. The maximum absolute atomic E-state index is 14.4. The maximum atomic E-state index is 14.4. The van der Waals surface area contributed by atoms with Crippen LogP contribution in [0.4, 0.5) is 10.1 Å². The molecule has 8 heteroatoms. The number of benzene rings is 2. The molecule has 3 saturated heterocycles. The van der Waals surface area contributed by atoms with Gasteiger partial charge in [-0.2, -0.15) is 11.8 Å². The number of hydrogen-bond acceptors (Lipinski definition) is 5. The molecular weight excluding hydrogens is 507 g/mol. The van der Waals surface area contributed by atoms with E-state index in [0.717, 1.165) is 88.3 Å². The van der Waals surface area contributed by atoms with E-state index in [1.807, 2.05) is 36.0 Å². The number of anilines is 1. The first-order valence-electron chi connectivity index (χ1n) is 13.6. The normalized spacial score (nSPS) is 23.8. The van der Waals surface area contributed by atoms with E-state index in [1.165, 1.54) is 5.56 Å². The summed E-state index contributed by atoms with van der Waals surface area (Å²) in [6.07, 6.45) is 2.65. The van der Waals surface area contributed by atoms with Crippen LogP contribution in [0.25, 0.3) is 0 Å². The highest BCUT2D eigenvalue weighted by Gasteiger charge is 2.35. The number of piperidine rings is 1. The van der Waals surface area contributed by atoms with Gasteiger partial charge in [0.25, 0.3) is 0 Å². The number of piperazine rings is 1. The van der Waals surface area contributed by atoms with Gasteiger partial charge in [0.2, 0.25) is 5.91 Å². The lowest BCUT2D eigenvalue weighted by Crippen LogP contribution is -2.57. The van der Waals surface area contributed by atoms with Crippen molar-refractivity contribution in [2.24, 2.45) is 5.92 Å². The zero-order valence-electron chi connectivity index (χ0n) is 21.5. The molecule has 3 aliphatic heterocycles. The number of halogens is 2. The number of nitrogens with zero attached hydrogens (tertiary/aromatic N) is 4. The zero-order chi connectivity index (χ0) is 25.6. The van der Waals surface area contributed by atoms with Gasteiger partial charge in [-0.25, -0.2) is 4.39 Å². The van der Waals surface area contributed by atoms with Gasteiger partial charge in [0.15, 0.2) is 0 Å². The van der Waals surface area contributed by atoms with Crippen LogP contribution < -0.4 is 4.90 Å². The molecule has 0 aliphatic carbocycles. The Morgan fingerprint density at radius 2 is 1.76 bits per heavy atom. The lowest BCUT2D eigenvalue weighted by Gasteiger charge is -2.47. The summed E-state index contributed by atoms with van der Waals surface area (Å²) >= 11 is 8.18. The van der Waals surface area contributed by atoms with Crippen LogP contribution in [0.1, 0.15) is 24.8 Å². The number of amides is 1. The number of thioether (sulfide) groups is 1. The predicted molar refractivity (Wildman–Crippen MR) is 152 cm³/mol. The first kappa shape index (κ1) is 26.8. The third-order valence-corrected chi connectivity index (χ3v) is 9.32. The van der Waals surface area contributed by atoms with Crippen LogP contribution in [0.2, 0.25) is 5.02 Å². The molecule has 5 nitrogen and oxygen atoms in total. The van der Waals surface area contributed by atoms with E-state index in [4.69, 9.17) is 11.6 Å². The minimum absolute atomic E-state index is 0.141. The van der Waals surface area contributed by atoms with E-state index in [2.05, 4.69) is 31.7 Å². The number of carbonyl (C=O) groups is 1. The highest BCUT2D eigenvalue weighted by atomic mass is 35.5. The Morgan fingerprint density at radius 3 is 2.51 bits per heavy atom. The van der Waals surface area contributed by atoms with Crippen molar-refractivity contribution in [2.45, 2.75) is 31.8 Å². The summed E-state index contributed by atoms with van der Waals surface area (Å²) in [4.78, 5) is 22.4. The largest absolute Gasteiger partial charge is 0.367 e. The van der Waals surface area contributed by atoms with E-state index in [9.17, 15) is 9.18 Å². The minimum Gasteiger partial charge on any atom is -0.367 e. The second kappa shape index (κ2) is 12.8. The minimum atomic E-state index is -0.141. The van der Waals surface area contributed by atoms with Crippen molar-refractivity contribution in [1.82, 2.24) is 14.7 Å². The van der Waals surface area contributed by atoms with Crippen LogP contribution in [-0.4, -0.2) is 90.5 Å². The zero-order valence-corrected chi connectivity index (χ0v) is 23.1. The van der Waals surface area contributed by atoms with Crippen molar-refractivity contribution >= 4 is 35.0 Å². The quantitative estimate of drug-likeness (QED) is 0.497. The van der Waals surface area contributed by atoms with E-state index < -0.39 is 0 Å². The van der Waals surface area contributed by atoms with Crippen molar-refractivity contribution in [2.75, 3.05) is 68.8 Å². The fraction of sp³-hybridized carbons (Fsp3) is 0.552. The summed E-state index contributed by atoms with van der Waals surface area (Å²) < 4.78 is 14.4. The van der Waals surface area contributed by atoms with Gasteiger partial charge >= 0.3 is 0 Å². The summed E-state index contributed by atoms with van der Waals surface area (Å²) in [5.41, 5.74) is 1.95. The molecule has 3 heterocycles. The van der Waals surface area contributed by atoms with Crippen LogP contribution in [0.5, 0.6) is 0 Å². The molecule has 37 heavy (non-hydrogen) atoms. The van der Waals surface area contributed by atoms with Crippen LogP contribution in [0.3, 0.4) is 0 Å². The Kier molecular flexibility index (Phi) is 9.29. The summed E-state index contributed by atoms with van der Waals surface area (Å²) in [6, 6.07) is 15.7. The van der Waals surface area contributed by atoms with Gasteiger partial charge in [0, 0.05) is 81.3 Å². The number of para-hydroxylation sites is 1. The van der Waals surface area contributed by atoms with E-state index in [0.29, 0.717) is 30.0 Å². The molecule has 200 valence electrons. The molecule has 1 amide bonds. The predicted octanol–water partition coefficient (Wildman–Crippen LogP) is 4.85. The molecule has 0 N–H and O–H groups in total. The molecule has 3 aliphatic rings. The lowest BCUT2D eigenvalue weighted by atomic mass is 9.86. The molecule has 0 bridgehead atoms. The van der Waals surface area contributed by atoms with Crippen molar-refractivity contribution in [3.05, 3.63) is 64.9 Å². The second-order valence-corrected chi connectivity index (χ2v) is 12.1. The van der Waals surface area contributed by atoms with Gasteiger partial charge in [-0.1, -0.05) is 35.9 Å². The molecular formula is C29H38ClFN4OS. The molecule has 0 radical (unpaired) electrons. The monoisotopic (exact) mass is 544 g/mol. The molecule has 0 aromatic heterocycles. The van der Waals surface area contributed by atoms with Crippen molar-refractivity contribution in [3.63, 3.8) is 0 Å². The van der Waals surface area contributed by atoms with Crippen LogP contribution in [0, 0.1) is 11.7 Å². The molecule has 3 fully saturated rings. The Balaban J connectivity index is 1.23. The van der Waals surface area contributed by atoms with Crippen LogP contribution in [-0.2, 0) is 11.3 Å². The number of carbonyl (C=O) groups excluding carboxylic acids is 1. The Hall–Kier alpha value is -1.80. The fourth-order valence-corrected chi connectivity index (χ4v) is 7.30. The average Bonchev–Trinajstić information content (AvgIpc) is 2.93. The van der Waals surface area contributed by atoms with E-state index >= 15 is 0 Å². The topological polar surface area (TPSA) is 30.0 Å². The summed E-state index contributed by atoms with van der Waals surface area (Å²) in [5.74, 6) is 2.72. The maximum Gasteiger partial charge on any atom is 0.222 e. The number of likely N-dealkylation sites (tertiary alicyclic amines) is 1. The highest BCUT2D eigenvalue weighted by Crippen LogP contribution is 2.30. The highest BCUT2D eigenvalue weighted by molar-refractivity contribution is 7.99. The van der Waals surface area contributed by atoms with Gasteiger partial charge in [0.05, 0.1) is 5.69 Å². The molecule has 2 aromatic rings. The molecule has 5 rings (SSSR count). The van der Waals surface area contributed by atoms with Crippen molar-refractivity contribution < 1.29 is 9.18 Å². The van der Waals surface area contributed by atoms with Crippen molar-refractivity contribution in [1.29, 1.82) is 0 Å². The fourth-order valence-electron chi connectivity index (χ4n) is 6.18. The standard InChI is InChI=1S/C29H38ClFN4OS/c30-25-5-3-4-23(20-25)21-32-11-10-27(24(22-32)8-9-29(36)35-16-18-37-19-17-35)33-12-14-34(15-13-33)28-7-2-1-6-26(28)31/h1-7,20,24,27H,8-19,21-22H2/t24-,27+/m0/s1. The summed E-state index contributed by atoms with van der Waals surface area (Å²) in [7, 11) is 0. The molecule has 2 atom stereocenters. The molecule has 0 saturated carbocycles. The summed E-state index contributed by atoms with van der Waals surface area (Å²) in [5, 5.41) is 0.780. The van der Waals surface area contributed by atoms with Gasteiger partial charge in [-0.3, -0.25) is 14.6 Å². The molecule has 0 unspecified atom stereocenters. The number of rotatable bonds is 7. The van der Waals surface area contributed by atoms with E-state index in [-0.39, 0.29) is 5.82 Å². The first-order chi connectivity index (χ1) is 18.1. The SMILES string of the molecule is O=C(CC[C@H]1CN(Cc2cccc(Cl)c2)CC[C@H]1N1CCN(c2ccccc2F)CC1)N1CCSCC1. The first-order valence-corrected chi connectivity index (χ1v) is 15.2. The number of hydrogen-bond donors (Lipinski definition) is 0. The second-order valence-electron chi connectivity index (χ2n) is 10.5. The van der Waals surface area contributed by atoms with E-state index in [1.54, 1.807) is 12.1 Å². The lowest BCUT2D eigenvalue weighted by molar-refractivity contribution is -0.131. The third-order valence-electron chi connectivity index (χ3n) is 8.14. The Labute approximate surface area is 229 Å². The van der Waals surface area contributed by atoms with Gasteiger partial charge in [0.1, 0.15) is 5.82 Å². The van der Waals surface area contributed by atoms with Gasteiger partial charge in [-0.05, 0) is 55.1 Å². The van der Waals surface area contributed by atoms with Crippen LogP contribution in [0.15, 0.2) is 48.5 Å². The smallest absolute Gasteiger partial charge is 0.222 e. The van der Waals surface area contributed by atoms with Crippen LogP contribution >= 0.6 is 23.4 Å². The Morgan fingerprint density at radius 1 is 0.973 bits per heavy atom. The third kappa shape index (κ3) is 6.99. The summed E-state index contributed by atoms with van der Waals surface area (Å²) in [6.45, 7) is 8.23. The van der Waals surface area contributed by atoms with Gasteiger partial charge in [-0.15, -0.1) is 0 Å². The molecule has 2 aromatic carbocycles. The van der Waals surface area contributed by atoms with Crippen molar-refractivity contribution in [3.8, 4) is 0 Å².